The smallest absolute Gasteiger partial charge is 0.338 e. The molecule has 0 spiro atoms. The molecule has 6 nitrogen and oxygen atoms in total. The van der Waals surface area contributed by atoms with Crippen LogP contribution in [0.3, 0.4) is 0 Å². The first-order valence-corrected chi connectivity index (χ1v) is 9.96. The molecule has 26 heavy (non-hydrogen) atoms. The Balaban J connectivity index is 2.49. The summed E-state index contributed by atoms with van der Waals surface area (Å²) in [5, 5.41) is 0. The van der Waals surface area contributed by atoms with Gasteiger partial charge < -0.3 is 18.9 Å². The zero-order valence-electron chi connectivity index (χ0n) is 15.4. The fourth-order valence-electron chi connectivity index (χ4n) is 2.00. The van der Waals surface area contributed by atoms with Crippen molar-refractivity contribution in [1.29, 1.82) is 0 Å². The summed E-state index contributed by atoms with van der Waals surface area (Å²) >= 11 is 2.05. The van der Waals surface area contributed by atoms with E-state index in [4.69, 9.17) is 18.9 Å². The van der Waals surface area contributed by atoms with E-state index in [1.54, 1.807) is 12.1 Å². The molecule has 146 valence electrons. The Morgan fingerprint density at radius 2 is 1.42 bits per heavy atom. The maximum absolute atomic E-state index is 12.1. The van der Waals surface area contributed by atoms with Crippen molar-refractivity contribution in [2.24, 2.45) is 0 Å². The van der Waals surface area contributed by atoms with Crippen LogP contribution in [0.4, 0.5) is 0 Å². The van der Waals surface area contributed by atoms with E-state index in [-0.39, 0.29) is 13.2 Å². The average Bonchev–Trinajstić information content (AvgIpc) is 2.63. The number of hydrogen-bond acceptors (Lipinski definition) is 6. The van der Waals surface area contributed by atoms with Gasteiger partial charge in [0.25, 0.3) is 0 Å². The second-order valence-electron chi connectivity index (χ2n) is 5.52. The maximum Gasteiger partial charge on any atom is 0.338 e. The lowest BCUT2D eigenvalue weighted by molar-refractivity contribution is 0.0313. The molecule has 0 saturated heterocycles. The van der Waals surface area contributed by atoms with Gasteiger partial charge in [-0.2, -0.15) is 0 Å². The molecule has 0 aliphatic rings. The van der Waals surface area contributed by atoms with E-state index >= 15 is 0 Å². The van der Waals surface area contributed by atoms with Crippen molar-refractivity contribution in [1.82, 2.24) is 0 Å². The fraction of sp³-hybridized carbons (Fsp3) is 0.579. The predicted octanol–water partition coefficient (Wildman–Crippen LogP) is 3.85. The number of esters is 2. The zero-order valence-corrected chi connectivity index (χ0v) is 17.6. The molecule has 7 heteroatoms. The molecule has 0 aliphatic carbocycles. The van der Waals surface area contributed by atoms with Crippen LogP contribution in [-0.2, 0) is 18.9 Å². The highest BCUT2D eigenvalue weighted by molar-refractivity contribution is 14.1. The molecule has 0 aliphatic heterocycles. The molecule has 1 aromatic carbocycles. The number of unbranched alkanes of at least 4 members (excludes halogenated alkanes) is 1. The highest BCUT2D eigenvalue weighted by atomic mass is 127. The quantitative estimate of drug-likeness (QED) is 0.244. The van der Waals surface area contributed by atoms with Gasteiger partial charge in [-0.3, -0.25) is 0 Å². The third-order valence-electron chi connectivity index (χ3n) is 3.34. The third kappa shape index (κ3) is 9.49. The number of rotatable bonds is 13. The van der Waals surface area contributed by atoms with E-state index in [0.717, 1.165) is 16.4 Å². The van der Waals surface area contributed by atoms with Gasteiger partial charge in [-0.1, -0.05) is 13.3 Å². The highest BCUT2D eigenvalue weighted by Gasteiger charge is 2.14. The predicted molar refractivity (Wildman–Crippen MR) is 107 cm³/mol. The van der Waals surface area contributed by atoms with E-state index in [1.807, 2.05) is 6.92 Å². The van der Waals surface area contributed by atoms with Crippen molar-refractivity contribution < 1.29 is 28.5 Å². The molecular formula is C19H27IO6. The first kappa shape index (κ1) is 22.9. The van der Waals surface area contributed by atoms with E-state index in [1.165, 1.54) is 6.07 Å². The van der Waals surface area contributed by atoms with Crippen LogP contribution in [-0.4, -0.2) is 51.6 Å². The van der Waals surface area contributed by atoms with Gasteiger partial charge in [-0.25, -0.2) is 9.59 Å². The van der Waals surface area contributed by atoms with Crippen LogP contribution in [0.25, 0.3) is 0 Å². The lowest BCUT2D eigenvalue weighted by Crippen LogP contribution is -2.13. The molecule has 0 bridgehead atoms. The molecule has 0 heterocycles. The molecule has 0 fully saturated rings. The van der Waals surface area contributed by atoms with Crippen molar-refractivity contribution in [2.45, 2.75) is 33.1 Å². The van der Waals surface area contributed by atoms with Crippen LogP contribution < -0.4 is 0 Å². The number of hydrogen-bond donors (Lipinski definition) is 0. The Labute approximate surface area is 168 Å². The first-order chi connectivity index (χ1) is 12.6. The van der Waals surface area contributed by atoms with Gasteiger partial charge in [0, 0.05) is 29.8 Å². The van der Waals surface area contributed by atoms with Gasteiger partial charge >= 0.3 is 11.9 Å². The number of halogens is 1. The van der Waals surface area contributed by atoms with Gasteiger partial charge in [0.15, 0.2) is 0 Å². The number of ether oxygens (including phenoxy) is 4. The van der Waals surface area contributed by atoms with Crippen LogP contribution in [0.2, 0.25) is 0 Å². The molecule has 0 amide bonds. The van der Waals surface area contributed by atoms with Gasteiger partial charge in [0.2, 0.25) is 0 Å². The van der Waals surface area contributed by atoms with Crippen LogP contribution in [0, 0.1) is 3.57 Å². The minimum absolute atomic E-state index is 0.186. The Hall–Kier alpha value is -1.19. The van der Waals surface area contributed by atoms with E-state index in [2.05, 4.69) is 29.5 Å². The summed E-state index contributed by atoms with van der Waals surface area (Å²) in [6, 6.07) is 4.84. The van der Waals surface area contributed by atoms with Crippen molar-refractivity contribution in [3.63, 3.8) is 0 Å². The SMILES string of the molecule is CCCCOCCOC(=O)c1cc(I)cc(C(=O)OCCCOCC)c1. The number of carbonyl (C=O) groups excluding carboxylic acids is 2. The molecule has 0 unspecified atom stereocenters. The summed E-state index contributed by atoms with van der Waals surface area (Å²) in [4.78, 5) is 24.3. The lowest BCUT2D eigenvalue weighted by atomic mass is 10.1. The van der Waals surface area contributed by atoms with Gasteiger partial charge in [0.1, 0.15) is 6.61 Å². The fourth-order valence-corrected chi connectivity index (χ4v) is 2.67. The van der Waals surface area contributed by atoms with E-state index in [9.17, 15) is 9.59 Å². The summed E-state index contributed by atoms with van der Waals surface area (Å²) in [7, 11) is 0. The van der Waals surface area contributed by atoms with Gasteiger partial charge in [-0.05, 0) is 54.1 Å². The molecule has 1 aromatic rings. The lowest BCUT2D eigenvalue weighted by Gasteiger charge is -2.09. The number of benzene rings is 1. The maximum atomic E-state index is 12.1. The molecule has 0 aromatic heterocycles. The Bertz CT molecular complexity index is 561. The summed E-state index contributed by atoms with van der Waals surface area (Å²) in [6.45, 7) is 6.68. The first-order valence-electron chi connectivity index (χ1n) is 8.88. The molecule has 1 rings (SSSR count). The standard InChI is InChI=1S/C19H27IO6/c1-3-5-7-24-10-11-26-19(22)16-12-15(13-17(20)14-16)18(21)25-9-6-8-23-4-2/h12-14H,3-11H2,1-2H3. The summed E-state index contributed by atoms with van der Waals surface area (Å²) < 4.78 is 21.7. The summed E-state index contributed by atoms with van der Waals surface area (Å²) in [5.74, 6) is -0.940. The van der Waals surface area contributed by atoms with Crippen LogP contribution >= 0.6 is 22.6 Å². The minimum Gasteiger partial charge on any atom is -0.462 e. The van der Waals surface area contributed by atoms with E-state index < -0.39 is 11.9 Å². The van der Waals surface area contributed by atoms with Crippen LogP contribution in [0.1, 0.15) is 53.8 Å². The van der Waals surface area contributed by atoms with E-state index in [0.29, 0.717) is 44.0 Å². The third-order valence-corrected chi connectivity index (χ3v) is 3.97. The molecule has 0 N–H and O–H groups in total. The van der Waals surface area contributed by atoms with Gasteiger partial charge in [0.05, 0.1) is 24.3 Å². The molecule has 0 saturated carbocycles. The average molecular weight is 478 g/mol. The second-order valence-corrected chi connectivity index (χ2v) is 6.76. The molecular weight excluding hydrogens is 451 g/mol. The number of carbonyl (C=O) groups is 2. The van der Waals surface area contributed by atoms with Gasteiger partial charge in [-0.15, -0.1) is 0 Å². The highest BCUT2D eigenvalue weighted by Crippen LogP contribution is 2.15. The van der Waals surface area contributed by atoms with Crippen molar-refractivity contribution in [3.05, 3.63) is 32.9 Å². The van der Waals surface area contributed by atoms with Crippen LogP contribution in [0.15, 0.2) is 18.2 Å². The summed E-state index contributed by atoms with van der Waals surface area (Å²) in [6.07, 6.45) is 2.68. The Kier molecular flexibility index (Phi) is 12.3. The van der Waals surface area contributed by atoms with Crippen molar-refractivity contribution in [2.75, 3.05) is 39.6 Å². The van der Waals surface area contributed by atoms with Crippen molar-refractivity contribution >= 4 is 34.5 Å². The Morgan fingerprint density at radius 1 is 0.808 bits per heavy atom. The zero-order chi connectivity index (χ0) is 19.2. The summed E-state index contributed by atoms with van der Waals surface area (Å²) in [5.41, 5.74) is 0.659. The largest absolute Gasteiger partial charge is 0.462 e. The topological polar surface area (TPSA) is 71.1 Å². The minimum atomic E-state index is -0.479. The monoisotopic (exact) mass is 478 g/mol. The molecule has 0 radical (unpaired) electrons. The Morgan fingerprint density at radius 3 is 2.04 bits per heavy atom. The second kappa shape index (κ2) is 13.9. The van der Waals surface area contributed by atoms with Crippen LogP contribution in [0.5, 0.6) is 0 Å². The molecule has 0 atom stereocenters. The normalized spacial score (nSPS) is 10.6. The van der Waals surface area contributed by atoms with Crippen molar-refractivity contribution in [3.8, 4) is 0 Å².